The molecule has 0 bridgehead atoms. The Labute approximate surface area is 149 Å². The van der Waals surface area contributed by atoms with Crippen molar-refractivity contribution in [1.82, 2.24) is 20.0 Å². The SMILES string of the molecule is Cc1noc(-c2cccnc2NC2CCCN(C3CCCCC3)C2)n1. The maximum absolute atomic E-state index is 5.34. The van der Waals surface area contributed by atoms with Gasteiger partial charge in [0, 0.05) is 24.8 Å². The molecule has 0 aromatic carbocycles. The summed E-state index contributed by atoms with van der Waals surface area (Å²) in [5.74, 6) is 2.03. The zero-order chi connectivity index (χ0) is 17.1. The first-order valence-corrected chi connectivity index (χ1v) is 9.56. The average Bonchev–Trinajstić information content (AvgIpc) is 3.09. The number of hydrogen-bond donors (Lipinski definition) is 1. The molecule has 6 heteroatoms. The number of hydrogen-bond acceptors (Lipinski definition) is 6. The number of likely N-dealkylation sites (tertiary alicyclic amines) is 1. The Morgan fingerprint density at radius 1 is 1.16 bits per heavy atom. The maximum atomic E-state index is 5.34. The Morgan fingerprint density at radius 3 is 2.84 bits per heavy atom. The Morgan fingerprint density at radius 2 is 2.04 bits per heavy atom. The molecule has 3 heterocycles. The van der Waals surface area contributed by atoms with Crippen molar-refractivity contribution in [3.05, 3.63) is 24.2 Å². The molecule has 1 atom stereocenters. The van der Waals surface area contributed by atoms with Crippen molar-refractivity contribution in [3.8, 4) is 11.5 Å². The number of aryl methyl sites for hydroxylation is 1. The van der Waals surface area contributed by atoms with Crippen LogP contribution in [0.25, 0.3) is 11.5 Å². The van der Waals surface area contributed by atoms with E-state index in [0.29, 0.717) is 17.8 Å². The van der Waals surface area contributed by atoms with E-state index >= 15 is 0 Å². The fourth-order valence-electron chi connectivity index (χ4n) is 4.19. The molecule has 0 radical (unpaired) electrons. The first-order valence-electron chi connectivity index (χ1n) is 9.56. The molecule has 134 valence electrons. The van der Waals surface area contributed by atoms with Crippen molar-refractivity contribution in [2.24, 2.45) is 0 Å². The number of anilines is 1. The molecule has 1 saturated carbocycles. The monoisotopic (exact) mass is 341 g/mol. The lowest BCUT2D eigenvalue weighted by Crippen LogP contribution is -2.47. The molecule has 1 saturated heterocycles. The van der Waals surface area contributed by atoms with Crippen LogP contribution in [0.15, 0.2) is 22.9 Å². The highest BCUT2D eigenvalue weighted by molar-refractivity contribution is 5.68. The standard InChI is InChI=1S/C19H27N5O/c1-14-21-19(25-23-14)17-10-5-11-20-18(17)22-15-7-6-12-24(13-15)16-8-3-2-4-9-16/h5,10-11,15-16H,2-4,6-9,12-13H2,1H3,(H,20,22). The van der Waals surface area contributed by atoms with Gasteiger partial charge in [0.15, 0.2) is 5.82 Å². The Bertz CT molecular complexity index is 695. The van der Waals surface area contributed by atoms with Crippen LogP contribution in [0.5, 0.6) is 0 Å². The molecule has 6 nitrogen and oxygen atoms in total. The van der Waals surface area contributed by atoms with Crippen molar-refractivity contribution in [2.75, 3.05) is 18.4 Å². The Kier molecular flexibility index (Phi) is 4.97. The van der Waals surface area contributed by atoms with Crippen LogP contribution in [0.3, 0.4) is 0 Å². The van der Waals surface area contributed by atoms with Crippen molar-refractivity contribution in [1.29, 1.82) is 0 Å². The minimum Gasteiger partial charge on any atom is -0.365 e. The van der Waals surface area contributed by atoms with Gasteiger partial charge in [-0.25, -0.2) is 4.98 Å². The van der Waals surface area contributed by atoms with Crippen molar-refractivity contribution in [2.45, 2.75) is 64.0 Å². The Balaban J connectivity index is 1.46. The van der Waals surface area contributed by atoms with E-state index in [-0.39, 0.29) is 0 Å². The maximum Gasteiger partial charge on any atom is 0.261 e. The van der Waals surface area contributed by atoms with E-state index in [0.717, 1.165) is 24.0 Å². The van der Waals surface area contributed by atoms with Gasteiger partial charge in [-0.15, -0.1) is 0 Å². The summed E-state index contributed by atoms with van der Waals surface area (Å²) >= 11 is 0. The molecule has 4 rings (SSSR count). The molecular weight excluding hydrogens is 314 g/mol. The van der Waals surface area contributed by atoms with Gasteiger partial charge in [0.1, 0.15) is 5.82 Å². The summed E-state index contributed by atoms with van der Waals surface area (Å²) in [4.78, 5) is 11.6. The molecule has 1 N–H and O–H groups in total. The second kappa shape index (κ2) is 7.52. The molecule has 1 unspecified atom stereocenters. The summed E-state index contributed by atoms with van der Waals surface area (Å²) in [5, 5.41) is 7.55. The number of rotatable bonds is 4. The van der Waals surface area contributed by atoms with Crippen LogP contribution in [0, 0.1) is 6.92 Å². The predicted molar refractivity (Wildman–Crippen MR) is 97.4 cm³/mol. The van der Waals surface area contributed by atoms with E-state index in [4.69, 9.17) is 4.52 Å². The molecule has 0 amide bonds. The van der Waals surface area contributed by atoms with Crippen LogP contribution < -0.4 is 5.32 Å². The van der Waals surface area contributed by atoms with Crippen molar-refractivity contribution >= 4 is 5.82 Å². The lowest BCUT2D eigenvalue weighted by atomic mass is 9.92. The lowest BCUT2D eigenvalue weighted by Gasteiger charge is -2.40. The number of aromatic nitrogens is 3. The topological polar surface area (TPSA) is 67.1 Å². The highest BCUT2D eigenvalue weighted by Gasteiger charge is 2.27. The summed E-state index contributed by atoms with van der Waals surface area (Å²) in [6.07, 6.45) is 11.2. The third kappa shape index (κ3) is 3.84. The van der Waals surface area contributed by atoms with Crippen LogP contribution in [-0.2, 0) is 0 Å². The molecule has 25 heavy (non-hydrogen) atoms. The average molecular weight is 341 g/mol. The lowest BCUT2D eigenvalue weighted by molar-refractivity contribution is 0.124. The van der Waals surface area contributed by atoms with Gasteiger partial charge in [0.25, 0.3) is 5.89 Å². The summed E-state index contributed by atoms with van der Waals surface area (Å²) < 4.78 is 5.34. The van der Waals surface area contributed by atoms with Crippen LogP contribution in [0.1, 0.15) is 50.8 Å². The van der Waals surface area contributed by atoms with Gasteiger partial charge in [-0.1, -0.05) is 24.4 Å². The van der Waals surface area contributed by atoms with Crippen LogP contribution in [-0.4, -0.2) is 45.2 Å². The van der Waals surface area contributed by atoms with E-state index in [9.17, 15) is 0 Å². The van der Waals surface area contributed by atoms with Gasteiger partial charge in [-0.3, -0.25) is 4.90 Å². The third-order valence-electron chi connectivity index (χ3n) is 5.45. The van der Waals surface area contributed by atoms with Gasteiger partial charge in [0.05, 0.1) is 5.56 Å². The van der Waals surface area contributed by atoms with E-state index < -0.39 is 0 Å². The fraction of sp³-hybridized carbons (Fsp3) is 0.632. The second-order valence-corrected chi connectivity index (χ2v) is 7.32. The van der Waals surface area contributed by atoms with E-state index in [2.05, 4.69) is 25.3 Å². The highest BCUT2D eigenvalue weighted by atomic mass is 16.5. The summed E-state index contributed by atoms with van der Waals surface area (Å²) in [5.41, 5.74) is 0.887. The smallest absolute Gasteiger partial charge is 0.261 e. The van der Waals surface area contributed by atoms with Crippen molar-refractivity contribution < 1.29 is 4.52 Å². The van der Waals surface area contributed by atoms with Gasteiger partial charge in [0.2, 0.25) is 0 Å². The van der Waals surface area contributed by atoms with Gasteiger partial charge < -0.3 is 9.84 Å². The van der Waals surface area contributed by atoms with Crippen LogP contribution >= 0.6 is 0 Å². The zero-order valence-electron chi connectivity index (χ0n) is 14.9. The number of piperidine rings is 1. The molecule has 1 aliphatic carbocycles. The highest BCUT2D eigenvalue weighted by Crippen LogP contribution is 2.28. The summed E-state index contributed by atoms with van der Waals surface area (Å²) in [7, 11) is 0. The predicted octanol–water partition coefficient (Wildman–Crippen LogP) is 3.65. The minimum atomic E-state index is 0.424. The summed E-state index contributed by atoms with van der Waals surface area (Å²) in [6.45, 7) is 4.17. The molecule has 0 spiro atoms. The number of nitrogens with one attached hydrogen (secondary N) is 1. The number of pyridine rings is 1. The Hall–Kier alpha value is -1.95. The van der Waals surface area contributed by atoms with Crippen molar-refractivity contribution in [3.63, 3.8) is 0 Å². The summed E-state index contributed by atoms with van der Waals surface area (Å²) in [6, 6.07) is 5.10. The van der Waals surface area contributed by atoms with Crippen LogP contribution in [0.4, 0.5) is 5.82 Å². The van der Waals surface area contributed by atoms with Crippen LogP contribution in [0.2, 0.25) is 0 Å². The molecule has 2 fully saturated rings. The second-order valence-electron chi connectivity index (χ2n) is 7.32. The van der Waals surface area contributed by atoms with Gasteiger partial charge >= 0.3 is 0 Å². The molecule has 2 aromatic rings. The van der Waals surface area contributed by atoms with Gasteiger partial charge in [-0.05, 0) is 51.3 Å². The first kappa shape index (κ1) is 16.5. The van der Waals surface area contributed by atoms with E-state index in [1.807, 2.05) is 25.3 Å². The third-order valence-corrected chi connectivity index (χ3v) is 5.45. The number of nitrogens with zero attached hydrogens (tertiary/aromatic N) is 4. The molecule has 1 aliphatic heterocycles. The fourth-order valence-corrected chi connectivity index (χ4v) is 4.19. The first-order chi connectivity index (χ1) is 12.3. The molecule has 2 aromatic heterocycles. The minimum absolute atomic E-state index is 0.424. The zero-order valence-corrected chi connectivity index (χ0v) is 14.9. The largest absolute Gasteiger partial charge is 0.365 e. The van der Waals surface area contributed by atoms with Gasteiger partial charge in [-0.2, -0.15) is 4.98 Å². The normalized spacial score (nSPS) is 22.8. The van der Waals surface area contributed by atoms with E-state index in [1.54, 1.807) is 0 Å². The molecular formula is C19H27N5O. The quantitative estimate of drug-likeness (QED) is 0.915. The van der Waals surface area contributed by atoms with E-state index in [1.165, 1.54) is 51.5 Å². The molecule has 2 aliphatic rings.